The smallest absolute Gasteiger partial charge is 0.329 e. The van der Waals surface area contributed by atoms with Crippen molar-refractivity contribution in [3.8, 4) is 0 Å². The second-order valence-electron chi connectivity index (χ2n) is 6.68. The van der Waals surface area contributed by atoms with Gasteiger partial charge in [0, 0.05) is 0 Å². The first-order chi connectivity index (χ1) is 12.9. The molecule has 1 aromatic heterocycles. The van der Waals surface area contributed by atoms with Crippen LogP contribution in [0.4, 0.5) is 0 Å². The lowest BCUT2D eigenvalue weighted by Crippen LogP contribution is -2.46. The molecule has 0 spiro atoms. The van der Waals surface area contributed by atoms with Gasteiger partial charge in [0.25, 0.3) is 11.8 Å². The number of hydrogen-bond donors (Lipinski definition) is 0. The van der Waals surface area contributed by atoms with Crippen molar-refractivity contribution < 1.29 is 23.9 Å². The SMILES string of the molecule is CC(C)C[C@H](C(=O)OCC(=O)c1cccs1)N1C(=O)c2ccccc2C1=O. The number of ether oxygens (including phenoxy) is 1. The molecule has 2 amide bonds. The van der Waals surface area contributed by atoms with Gasteiger partial charge in [-0.15, -0.1) is 11.3 Å². The zero-order chi connectivity index (χ0) is 19.6. The Morgan fingerprint density at radius 1 is 1.04 bits per heavy atom. The quantitative estimate of drug-likeness (QED) is 0.415. The zero-order valence-electron chi connectivity index (χ0n) is 15.0. The molecule has 0 unspecified atom stereocenters. The minimum atomic E-state index is -1.06. The maximum absolute atomic E-state index is 12.7. The molecule has 2 heterocycles. The molecule has 0 N–H and O–H groups in total. The molecule has 0 saturated carbocycles. The number of carbonyl (C=O) groups excluding carboxylic acids is 4. The molecular formula is C20H19NO5S. The van der Waals surface area contributed by atoms with Gasteiger partial charge in [0.05, 0.1) is 16.0 Å². The van der Waals surface area contributed by atoms with Crippen molar-refractivity contribution in [3.05, 3.63) is 57.8 Å². The number of imide groups is 1. The van der Waals surface area contributed by atoms with Gasteiger partial charge in [-0.25, -0.2) is 4.79 Å². The molecular weight excluding hydrogens is 366 g/mol. The van der Waals surface area contributed by atoms with Crippen molar-refractivity contribution in [1.29, 1.82) is 0 Å². The molecule has 0 radical (unpaired) electrons. The van der Waals surface area contributed by atoms with Gasteiger partial charge in [-0.05, 0) is 35.9 Å². The molecule has 27 heavy (non-hydrogen) atoms. The van der Waals surface area contributed by atoms with Gasteiger partial charge in [0.15, 0.2) is 6.61 Å². The normalized spacial score (nSPS) is 14.4. The summed E-state index contributed by atoms with van der Waals surface area (Å²) in [6.07, 6.45) is 0.261. The summed E-state index contributed by atoms with van der Waals surface area (Å²) in [4.78, 5) is 51.6. The van der Waals surface area contributed by atoms with E-state index in [9.17, 15) is 19.2 Å². The molecule has 1 aromatic carbocycles. The standard InChI is InChI=1S/C20H19NO5S/c1-12(2)10-15(20(25)26-11-16(22)17-8-5-9-27-17)21-18(23)13-6-3-4-7-14(13)19(21)24/h3-9,12,15H,10-11H2,1-2H3/t15-/m1/s1. The number of benzene rings is 1. The van der Waals surface area contributed by atoms with Crippen LogP contribution in [-0.4, -0.2) is 41.1 Å². The van der Waals surface area contributed by atoms with Crippen LogP contribution in [0.25, 0.3) is 0 Å². The molecule has 0 saturated heterocycles. The van der Waals surface area contributed by atoms with Crippen molar-refractivity contribution in [2.75, 3.05) is 6.61 Å². The van der Waals surface area contributed by atoms with Crippen LogP contribution >= 0.6 is 11.3 Å². The summed E-state index contributed by atoms with van der Waals surface area (Å²) in [6, 6.07) is 8.79. The third-order valence-electron chi connectivity index (χ3n) is 4.25. The third-order valence-corrected chi connectivity index (χ3v) is 5.16. The molecule has 0 bridgehead atoms. The highest BCUT2D eigenvalue weighted by Gasteiger charge is 2.43. The second-order valence-corrected chi connectivity index (χ2v) is 7.63. The fourth-order valence-corrected chi connectivity index (χ4v) is 3.64. The number of ketones is 1. The Balaban J connectivity index is 1.78. The molecule has 3 rings (SSSR count). The Morgan fingerprint density at radius 3 is 2.19 bits per heavy atom. The van der Waals surface area contributed by atoms with E-state index in [4.69, 9.17) is 4.74 Å². The Morgan fingerprint density at radius 2 is 1.67 bits per heavy atom. The van der Waals surface area contributed by atoms with E-state index in [2.05, 4.69) is 0 Å². The van der Waals surface area contributed by atoms with E-state index in [1.165, 1.54) is 11.3 Å². The summed E-state index contributed by atoms with van der Waals surface area (Å²) in [5.74, 6) is -2.04. The number of Topliss-reactive ketones (excluding diaryl/α,β-unsaturated/α-hetero) is 1. The van der Waals surface area contributed by atoms with Crippen LogP contribution in [0.15, 0.2) is 41.8 Å². The summed E-state index contributed by atoms with van der Waals surface area (Å²) >= 11 is 1.26. The summed E-state index contributed by atoms with van der Waals surface area (Å²) in [5, 5.41) is 1.76. The van der Waals surface area contributed by atoms with E-state index in [1.54, 1.807) is 41.8 Å². The molecule has 2 aromatic rings. The Bertz CT molecular complexity index is 853. The van der Waals surface area contributed by atoms with E-state index in [0.717, 1.165) is 4.90 Å². The molecule has 140 valence electrons. The van der Waals surface area contributed by atoms with E-state index in [0.29, 0.717) is 4.88 Å². The van der Waals surface area contributed by atoms with Gasteiger partial charge >= 0.3 is 5.97 Å². The van der Waals surface area contributed by atoms with Crippen LogP contribution in [0.5, 0.6) is 0 Å². The minimum Gasteiger partial charge on any atom is -0.456 e. The number of thiophene rings is 1. The molecule has 1 aliphatic rings. The number of rotatable bonds is 7. The van der Waals surface area contributed by atoms with E-state index in [-0.39, 0.29) is 29.2 Å². The Hall–Kier alpha value is -2.80. The van der Waals surface area contributed by atoms with Crippen molar-refractivity contribution in [3.63, 3.8) is 0 Å². The average molecular weight is 385 g/mol. The van der Waals surface area contributed by atoms with Gasteiger partial charge in [-0.2, -0.15) is 0 Å². The van der Waals surface area contributed by atoms with Crippen LogP contribution < -0.4 is 0 Å². The van der Waals surface area contributed by atoms with Gasteiger partial charge in [-0.1, -0.05) is 32.0 Å². The fraction of sp³-hybridized carbons (Fsp3) is 0.300. The molecule has 1 aliphatic heterocycles. The number of nitrogens with zero attached hydrogens (tertiary/aromatic N) is 1. The fourth-order valence-electron chi connectivity index (χ4n) is 2.99. The first-order valence-electron chi connectivity index (χ1n) is 8.60. The molecule has 1 atom stereocenters. The number of fused-ring (bicyclic) bond motifs is 1. The number of hydrogen-bond acceptors (Lipinski definition) is 6. The maximum Gasteiger partial charge on any atom is 0.329 e. The largest absolute Gasteiger partial charge is 0.456 e. The lowest BCUT2D eigenvalue weighted by atomic mass is 10.0. The minimum absolute atomic E-state index is 0.0415. The second kappa shape index (κ2) is 7.84. The third kappa shape index (κ3) is 3.83. The highest BCUT2D eigenvalue weighted by molar-refractivity contribution is 7.12. The van der Waals surface area contributed by atoms with Gasteiger partial charge in [0.2, 0.25) is 5.78 Å². The number of amides is 2. The molecule has 7 heteroatoms. The zero-order valence-corrected chi connectivity index (χ0v) is 15.8. The summed E-state index contributed by atoms with van der Waals surface area (Å²) in [7, 11) is 0. The van der Waals surface area contributed by atoms with Crippen molar-refractivity contribution in [1.82, 2.24) is 4.90 Å². The van der Waals surface area contributed by atoms with Crippen LogP contribution in [0.3, 0.4) is 0 Å². The van der Waals surface area contributed by atoms with Gasteiger partial charge in [0.1, 0.15) is 6.04 Å². The molecule has 0 fully saturated rings. The lowest BCUT2D eigenvalue weighted by molar-refractivity contribution is -0.147. The Kier molecular flexibility index (Phi) is 5.51. The molecule has 6 nitrogen and oxygen atoms in total. The first kappa shape index (κ1) is 19.0. The maximum atomic E-state index is 12.7. The topological polar surface area (TPSA) is 80.8 Å². The average Bonchev–Trinajstić information content (AvgIpc) is 3.26. The van der Waals surface area contributed by atoms with Crippen LogP contribution in [-0.2, 0) is 9.53 Å². The lowest BCUT2D eigenvalue weighted by Gasteiger charge is -2.25. The van der Waals surface area contributed by atoms with Crippen molar-refractivity contribution in [2.45, 2.75) is 26.3 Å². The van der Waals surface area contributed by atoms with Crippen molar-refractivity contribution >= 4 is 34.9 Å². The van der Waals surface area contributed by atoms with Crippen LogP contribution in [0, 0.1) is 5.92 Å². The summed E-state index contributed by atoms with van der Waals surface area (Å²) in [5.41, 5.74) is 0.553. The van der Waals surface area contributed by atoms with Crippen LogP contribution in [0.2, 0.25) is 0 Å². The van der Waals surface area contributed by atoms with E-state index < -0.39 is 30.4 Å². The summed E-state index contributed by atoms with van der Waals surface area (Å²) in [6.45, 7) is 3.35. The predicted molar refractivity (Wildman–Crippen MR) is 99.8 cm³/mol. The highest BCUT2D eigenvalue weighted by Crippen LogP contribution is 2.27. The number of carbonyl (C=O) groups is 4. The monoisotopic (exact) mass is 385 g/mol. The van der Waals surface area contributed by atoms with Gasteiger partial charge < -0.3 is 4.74 Å². The van der Waals surface area contributed by atoms with Gasteiger partial charge in [-0.3, -0.25) is 19.3 Å². The van der Waals surface area contributed by atoms with E-state index >= 15 is 0 Å². The predicted octanol–water partition coefficient (Wildman–Crippen LogP) is 3.18. The molecule has 0 aliphatic carbocycles. The number of esters is 1. The van der Waals surface area contributed by atoms with E-state index in [1.807, 2.05) is 13.8 Å². The summed E-state index contributed by atoms with van der Waals surface area (Å²) < 4.78 is 5.17. The van der Waals surface area contributed by atoms with Crippen molar-refractivity contribution in [2.24, 2.45) is 5.92 Å². The highest BCUT2D eigenvalue weighted by atomic mass is 32.1. The Labute approximate surface area is 160 Å². The first-order valence-corrected chi connectivity index (χ1v) is 9.48. The van der Waals surface area contributed by atoms with Crippen LogP contribution in [0.1, 0.15) is 50.7 Å².